The standard InChI is InChI=1S/C13H21N3O4/c1-2-14-13(20)15-5-3-10(4-6-15)16-8-9(12(18)19)7-11(16)17/h9-10H,2-8H2,1H3,(H,14,20)(H,18,19). The summed E-state index contributed by atoms with van der Waals surface area (Å²) in [7, 11) is 0. The van der Waals surface area contributed by atoms with Crippen LogP contribution in [0.3, 0.4) is 0 Å². The fraction of sp³-hybridized carbons (Fsp3) is 0.769. The number of urea groups is 1. The highest BCUT2D eigenvalue weighted by Gasteiger charge is 2.39. The van der Waals surface area contributed by atoms with E-state index >= 15 is 0 Å². The molecule has 112 valence electrons. The Morgan fingerprint density at radius 1 is 1.35 bits per heavy atom. The van der Waals surface area contributed by atoms with E-state index in [2.05, 4.69) is 5.32 Å². The second-order valence-corrected chi connectivity index (χ2v) is 5.34. The van der Waals surface area contributed by atoms with Gasteiger partial charge in [0.15, 0.2) is 0 Å². The molecule has 0 radical (unpaired) electrons. The smallest absolute Gasteiger partial charge is 0.317 e. The number of carbonyl (C=O) groups excluding carboxylic acids is 2. The molecule has 2 N–H and O–H groups in total. The Kier molecular flexibility index (Phi) is 4.46. The van der Waals surface area contributed by atoms with Crippen molar-refractivity contribution in [3.8, 4) is 0 Å². The first-order chi connectivity index (χ1) is 9.52. The summed E-state index contributed by atoms with van der Waals surface area (Å²) in [6.07, 6.45) is 1.54. The molecule has 20 heavy (non-hydrogen) atoms. The molecule has 0 aromatic rings. The van der Waals surface area contributed by atoms with Gasteiger partial charge in [0.05, 0.1) is 5.92 Å². The van der Waals surface area contributed by atoms with E-state index < -0.39 is 11.9 Å². The summed E-state index contributed by atoms with van der Waals surface area (Å²) in [5, 5.41) is 11.7. The van der Waals surface area contributed by atoms with Crippen molar-refractivity contribution in [3.63, 3.8) is 0 Å². The van der Waals surface area contributed by atoms with Crippen LogP contribution in [0, 0.1) is 5.92 Å². The van der Waals surface area contributed by atoms with Crippen molar-refractivity contribution in [1.29, 1.82) is 0 Å². The Labute approximate surface area is 117 Å². The molecule has 2 rings (SSSR count). The third kappa shape index (κ3) is 3.02. The van der Waals surface area contributed by atoms with E-state index in [-0.39, 0.29) is 24.4 Å². The summed E-state index contributed by atoms with van der Waals surface area (Å²) in [5.41, 5.74) is 0. The van der Waals surface area contributed by atoms with Gasteiger partial charge in [-0.1, -0.05) is 0 Å². The molecule has 0 spiro atoms. The number of rotatable bonds is 3. The summed E-state index contributed by atoms with van der Waals surface area (Å²) in [4.78, 5) is 37.9. The number of nitrogens with zero attached hydrogens (tertiary/aromatic N) is 2. The van der Waals surface area contributed by atoms with Crippen LogP contribution in [0.4, 0.5) is 4.79 Å². The predicted molar refractivity (Wildman–Crippen MR) is 71.1 cm³/mol. The lowest BCUT2D eigenvalue weighted by atomic mass is 10.0. The van der Waals surface area contributed by atoms with Crippen molar-refractivity contribution in [2.75, 3.05) is 26.2 Å². The first-order valence-corrected chi connectivity index (χ1v) is 7.08. The maximum Gasteiger partial charge on any atom is 0.317 e. The van der Waals surface area contributed by atoms with Crippen LogP contribution >= 0.6 is 0 Å². The Morgan fingerprint density at radius 2 is 2.00 bits per heavy atom. The highest BCUT2D eigenvalue weighted by molar-refractivity contribution is 5.86. The number of carboxylic acid groups (broad SMARTS) is 1. The molecule has 2 aliphatic rings. The lowest BCUT2D eigenvalue weighted by Gasteiger charge is -2.36. The van der Waals surface area contributed by atoms with Crippen molar-refractivity contribution in [2.24, 2.45) is 5.92 Å². The predicted octanol–water partition coefficient (Wildman–Crippen LogP) is 0.113. The van der Waals surface area contributed by atoms with E-state index in [0.29, 0.717) is 26.2 Å². The lowest BCUT2D eigenvalue weighted by Crippen LogP contribution is -2.50. The molecule has 0 bridgehead atoms. The number of piperidine rings is 1. The number of carboxylic acids is 1. The molecular formula is C13H21N3O4. The number of aliphatic carboxylic acids is 1. The molecule has 2 aliphatic heterocycles. The minimum Gasteiger partial charge on any atom is -0.481 e. The zero-order chi connectivity index (χ0) is 14.7. The molecular weight excluding hydrogens is 262 g/mol. The molecule has 0 aromatic heterocycles. The highest BCUT2D eigenvalue weighted by Crippen LogP contribution is 2.25. The summed E-state index contributed by atoms with van der Waals surface area (Å²) in [6.45, 7) is 4.00. The van der Waals surface area contributed by atoms with Crippen molar-refractivity contribution in [1.82, 2.24) is 15.1 Å². The third-order valence-electron chi connectivity index (χ3n) is 4.03. The Morgan fingerprint density at radius 3 is 2.50 bits per heavy atom. The largest absolute Gasteiger partial charge is 0.481 e. The summed E-state index contributed by atoms with van der Waals surface area (Å²) < 4.78 is 0. The van der Waals surface area contributed by atoms with Gasteiger partial charge in [-0.25, -0.2) is 4.79 Å². The van der Waals surface area contributed by atoms with Gasteiger partial charge in [0, 0.05) is 38.6 Å². The quantitative estimate of drug-likeness (QED) is 0.769. The fourth-order valence-electron chi connectivity index (χ4n) is 2.89. The van der Waals surface area contributed by atoms with E-state index in [4.69, 9.17) is 5.11 Å². The number of likely N-dealkylation sites (tertiary alicyclic amines) is 2. The van der Waals surface area contributed by atoms with Gasteiger partial charge >= 0.3 is 12.0 Å². The Balaban J connectivity index is 1.86. The topological polar surface area (TPSA) is 90.0 Å². The van der Waals surface area contributed by atoms with Gasteiger partial charge in [-0.15, -0.1) is 0 Å². The molecule has 2 heterocycles. The minimum atomic E-state index is -0.902. The van der Waals surface area contributed by atoms with Crippen molar-refractivity contribution in [2.45, 2.75) is 32.2 Å². The molecule has 1 atom stereocenters. The van der Waals surface area contributed by atoms with Crippen LogP contribution in [0.2, 0.25) is 0 Å². The molecule has 3 amide bonds. The minimum absolute atomic E-state index is 0.0672. The molecule has 7 nitrogen and oxygen atoms in total. The summed E-state index contributed by atoms with van der Waals surface area (Å²) >= 11 is 0. The van der Waals surface area contributed by atoms with Crippen LogP contribution < -0.4 is 5.32 Å². The van der Waals surface area contributed by atoms with E-state index in [1.54, 1.807) is 9.80 Å². The molecule has 0 saturated carbocycles. The lowest BCUT2D eigenvalue weighted by molar-refractivity contribution is -0.141. The summed E-state index contributed by atoms with van der Waals surface area (Å²) in [5.74, 6) is -1.56. The van der Waals surface area contributed by atoms with E-state index in [0.717, 1.165) is 12.8 Å². The number of hydrogen-bond acceptors (Lipinski definition) is 3. The van der Waals surface area contributed by atoms with Crippen molar-refractivity contribution in [3.05, 3.63) is 0 Å². The monoisotopic (exact) mass is 283 g/mol. The van der Waals surface area contributed by atoms with Crippen LogP contribution in [-0.4, -0.2) is 65.0 Å². The normalized spacial score (nSPS) is 24.1. The maximum absolute atomic E-state index is 11.9. The van der Waals surface area contributed by atoms with Crippen molar-refractivity contribution >= 4 is 17.9 Å². The number of amides is 3. The van der Waals surface area contributed by atoms with Crippen LogP contribution in [0.5, 0.6) is 0 Å². The maximum atomic E-state index is 11.9. The molecule has 7 heteroatoms. The Bertz CT molecular complexity index is 404. The molecule has 2 fully saturated rings. The van der Waals surface area contributed by atoms with Crippen molar-refractivity contribution < 1.29 is 19.5 Å². The van der Waals surface area contributed by atoms with Gasteiger partial charge < -0.3 is 20.2 Å². The molecule has 0 aliphatic carbocycles. The second kappa shape index (κ2) is 6.11. The van der Waals surface area contributed by atoms with Crippen LogP contribution in [0.25, 0.3) is 0 Å². The first-order valence-electron chi connectivity index (χ1n) is 7.08. The van der Waals surface area contributed by atoms with Gasteiger partial charge in [-0.05, 0) is 19.8 Å². The van der Waals surface area contributed by atoms with E-state index in [9.17, 15) is 14.4 Å². The second-order valence-electron chi connectivity index (χ2n) is 5.34. The van der Waals surface area contributed by atoms with E-state index in [1.165, 1.54) is 0 Å². The summed E-state index contributed by atoms with van der Waals surface area (Å²) in [6, 6.07) is -0.000336. The zero-order valence-corrected chi connectivity index (χ0v) is 11.7. The molecule has 1 unspecified atom stereocenters. The van der Waals surface area contributed by atoms with Gasteiger partial charge in [0.25, 0.3) is 0 Å². The Hall–Kier alpha value is -1.79. The number of hydrogen-bond donors (Lipinski definition) is 2. The van der Waals surface area contributed by atoms with Gasteiger partial charge in [0.2, 0.25) is 5.91 Å². The van der Waals surface area contributed by atoms with Crippen LogP contribution in [0.1, 0.15) is 26.2 Å². The third-order valence-corrected chi connectivity index (χ3v) is 4.03. The van der Waals surface area contributed by atoms with Gasteiger partial charge in [-0.2, -0.15) is 0 Å². The van der Waals surface area contributed by atoms with E-state index in [1.807, 2.05) is 6.92 Å². The highest BCUT2D eigenvalue weighted by atomic mass is 16.4. The SMILES string of the molecule is CCNC(=O)N1CCC(N2CC(C(=O)O)CC2=O)CC1. The van der Waals surface area contributed by atoms with Crippen LogP contribution in [0.15, 0.2) is 0 Å². The van der Waals surface area contributed by atoms with Gasteiger partial charge in [-0.3, -0.25) is 9.59 Å². The average molecular weight is 283 g/mol. The van der Waals surface area contributed by atoms with Gasteiger partial charge in [0.1, 0.15) is 0 Å². The number of nitrogens with one attached hydrogen (secondary N) is 1. The van der Waals surface area contributed by atoms with Crippen LogP contribution in [-0.2, 0) is 9.59 Å². The number of carbonyl (C=O) groups is 3. The molecule has 2 saturated heterocycles. The first kappa shape index (κ1) is 14.6. The zero-order valence-electron chi connectivity index (χ0n) is 11.7. The molecule has 0 aromatic carbocycles. The average Bonchev–Trinajstić information content (AvgIpc) is 2.81. The fourth-order valence-corrected chi connectivity index (χ4v) is 2.89.